The number of fused-ring (bicyclic) bond motifs is 1. The van der Waals surface area contributed by atoms with Crippen molar-refractivity contribution in [2.75, 3.05) is 0 Å². The number of para-hydroxylation sites is 1. The third-order valence-corrected chi connectivity index (χ3v) is 4.91. The minimum Gasteiger partial charge on any atom is -0.480 e. The first-order valence-corrected chi connectivity index (χ1v) is 8.72. The molecule has 1 heterocycles. The SMILES string of the molecule is CC[C@H](C)[C@H](NC(=O)c1nn(-c2ccccc2)c2c1CCC2)C(=O)O. The molecule has 3 rings (SSSR count). The van der Waals surface area contributed by atoms with Gasteiger partial charge in [-0.2, -0.15) is 5.10 Å². The number of amides is 1. The van der Waals surface area contributed by atoms with Gasteiger partial charge < -0.3 is 10.4 Å². The third kappa shape index (κ3) is 3.29. The van der Waals surface area contributed by atoms with Gasteiger partial charge in [-0.05, 0) is 37.3 Å². The number of carbonyl (C=O) groups excluding carboxylic acids is 1. The lowest BCUT2D eigenvalue weighted by molar-refractivity contribution is -0.140. The maximum Gasteiger partial charge on any atom is 0.326 e. The second-order valence-corrected chi connectivity index (χ2v) is 6.55. The van der Waals surface area contributed by atoms with Crippen LogP contribution >= 0.6 is 0 Å². The second-order valence-electron chi connectivity index (χ2n) is 6.55. The van der Waals surface area contributed by atoms with Crippen LogP contribution in [-0.4, -0.2) is 32.8 Å². The van der Waals surface area contributed by atoms with E-state index in [1.165, 1.54) is 0 Å². The summed E-state index contributed by atoms with van der Waals surface area (Å²) in [5, 5.41) is 16.6. The standard InChI is InChI=1S/C19H23N3O3/c1-3-12(2)16(19(24)25)20-18(23)17-14-10-7-11-15(14)22(21-17)13-8-5-4-6-9-13/h4-6,8-9,12,16H,3,7,10-11H2,1-2H3,(H,20,23)(H,24,25)/t12-,16-/m0/s1. The molecule has 1 aromatic heterocycles. The zero-order valence-electron chi connectivity index (χ0n) is 14.5. The van der Waals surface area contributed by atoms with Gasteiger partial charge in [0.25, 0.3) is 5.91 Å². The Morgan fingerprint density at radius 3 is 2.64 bits per heavy atom. The number of rotatable bonds is 6. The van der Waals surface area contributed by atoms with Gasteiger partial charge in [0, 0.05) is 11.3 Å². The predicted octanol–water partition coefficient (Wildman–Crippen LogP) is 2.59. The van der Waals surface area contributed by atoms with Crippen molar-refractivity contribution in [1.29, 1.82) is 0 Å². The van der Waals surface area contributed by atoms with Crippen molar-refractivity contribution in [3.63, 3.8) is 0 Å². The van der Waals surface area contributed by atoms with Gasteiger partial charge in [0.15, 0.2) is 5.69 Å². The average Bonchev–Trinajstić information content (AvgIpc) is 3.21. The summed E-state index contributed by atoms with van der Waals surface area (Å²) in [5.74, 6) is -1.56. The van der Waals surface area contributed by atoms with E-state index >= 15 is 0 Å². The molecule has 0 saturated heterocycles. The van der Waals surface area contributed by atoms with Gasteiger partial charge in [-0.15, -0.1) is 0 Å². The van der Waals surface area contributed by atoms with Crippen molar-refractivity contribution in [3.8, 4) is 5.69 Å². The number of hydrogen-bond donors (Lipinski definition) is 2. The van der Waals surface area contributed by atoms with Gasteiger partial charge in [0.1, 0.15) is 6.04 Å². The molecule has 1 aliphatic rings. The molecule has 0 unspecified atom stereocenters. The third-order valence-electron chi connectivity index (χ3n) is 4.91. The van der Waals surface area contributed by atoms with E-state index in [2.05, 4.69) is 10.4 Å². The lowest BCUT2D eigenvalue weighted by Crippen LogP contribution is -2.45. The summed E-state index contributed by atoms with van der Waals surface area (Å²) in [7, 11) is 0. The number of carbonyl (C=O) groups is 2. The molecule has 2 N–H and O–H groups in total. The molecule has 6 heteroatoms. The lowest BCUT2D eigenvalue weighted by atomic mass is 9.99. The zero-order chi connectivity index (χ0) is 18.0. The highest BCUT2D eigenvalue weighted by molar-refractivity contribution is 5.96. The van der Waals surface area contributed by atoms with Crippen LogP contribution in [0.2, 0.25) is 0 Å². The largest absolute Gasteiger partial charge is 0.480 e. The molecule has 2 aromatic rings. The summed E-state index contributed by atoms with van der Waals surface area (Å²) in [6.45, 7) is 3.74. The van der Waals surface area contributed by atoms with E-state index in [0.717, 1.165) is 36.2 Å². The van der Waals surface area contributed by atoms with Crippen molar-refractivity contribution in [1.82, 2.24) is 15.1 Å². The quantitative estimate of drug-likeness (QED) is 0.846. The number of aliphatic carboxylic acids is 1. The minimum absolute atomic E-state index is 0.147. The Morgan fingerprint density at radius 2 is 2.00 bits per heavy atom. The van der Waals surface area contributed by atoms with Crippen molar-refractivity contribution >= 4 is 11.9 Å². The van der Waals surface area contributed by atoms with Crippen molar-refractivity contribution in [2.45, 2.75) is 45.6 Å². The fourth-order valence-corrected chi connectivity index (χ4v) is 3.30. The fraction of sp³-hybridized carbons (Fsp3) is 0.421. The smallest absolute Gasteiger partial charge is 0.326 e. The molecule has 6 nitrogen and oxygen atoms in total. The highest BCUT2D eigenvalue weighted by Gasteiger charge is 2.31. The predicted molar refractivity (Wildman–Crippen MR) is 93.9 cm³/mol. The van der Waals surface area contributed by atoms with Crippen LogP contribution in [0.3, 0.4) is 0 Å². The molecule has 1 amide bonds. The number of aromatic nitrogens is 2. The van der Waals surface area contributed by atoms with Crippen LogP contribution in [-0.2, 0) is 17.6 Å². The topological polar surface area (TPSA) is 84.2 Å². The molecule has 0 bridgehead atoms. The molecule has 0 spiro atoms. The maximum atomic E-state index is 12.7. The van der Waals surface area contributed by atoms with E-state index in [0.29, 0.717) is 12.1 Å². The van der Waals surface area contributed by atoms with Crippen LogP contribution < -0.4 is 5.32 Å². The van der Waals surface area contributed by atoms with E-state index in [1.54, 1.807) is 0 Å². The van der Waals surface area contributed by atoms with Crippen LogP contribution in [0.5, 0.6) is 0 Å². The highest BCUT2D eigenvalue weighted by atomic mass is 16.4. The molecule has 25 heavy (non-hydrogen) atoms. The fourth-order valence-electron chi connectivity index (χ4n) is 3.30. The molecule has 2 atom stereocenters. The van der Waals surface area contributed by atoms with Crippen LogP contribution in [0, 0.1) is 5.92 Å². The Labute approximate surface area is 146 Å². The first-order valence-electron chi connectivity index (χ1n) is 8.72. The number of carboxylic acid groups (broad SMARTS) is 1. The Bertz CT molecular complexity index is 783. The van der Waals surface area contributed by atoms with E-state index in [1.807, 2.05) is 48.9 Å². The highest BCUT2D eigenvalue weighted by Crippen LogP contribution is 2.28. The summed E-state index contributed by atoms with van der Waals surface area (Å²) < 4.78 is 1.82. The first kappa shape index (κ1) is 17.2. The van der Waals surface area contributed by atoms with Crippen molar-refractivity contribution in [3.05, 3.63) is 47.3 Å². The Kier molecular flexibility index (Phi) is 4.88. The van der Waals surface area contributed by atoms with Gasteiger partial charge in [0.2, 0.25) is 0 Å². The normalized spacial score (nSPS) is 15.4. The first-order chi connectivity index (χ1) is 12.0. The summed E-state index contributed by atoms with van der Waals surface area (Å²) >= 11 is 0. The van der Waals surface area contributed by atoms with Gasteiger partial charge >= 0.3 is 5.97 Å². The number of nitrogens with one attached hydrogen (secondary N) is 1. The molecule has 0 radical (unpaired) electrons. The molecule has 0 aliphatic heterocycles. The van der Waals surface area contributed by atoms with Gasteiger partial charge in [-0.3, -0.25) is 4.79 Å². The Morgan fingerprint density at radius 1 is 1.28 bits per heavy atom. The molecule has 1 aliphatic carbocycles. The Balaban J connectivity index is 1.93. The average molecular weight is 341 g/mol. The van der Waals surface area contributed by atoms with Crippen LogP contribution in [0.25, 0.3) is 5.69 Å². The number of carboxylic acids is 1. The summed E-state index contributed by atoms with van der Waals surface area (Å²) in [4.78, 5) is 24.2. The molecule has 132 valence electrons. The molecular weight excluding hydrogens is 318 g/mol. The lowest BCUT2D eigenvalue weighted by Gasteiger charge is -2.19. The summed E-state index contributed by atoms with van der Waals surface area (Å²) in [6, 6.07) is 8.79. The molecule has 1 aromatic carbocycles. The van der Waals surface area contributed by atoms with Crippen molar-refractivity contribution < 1.29 is 14.7 Å². The summed E-state index contributed by atoms with van der Waals surface area (Å²) in [5.41, 5.74) is 3.25. The second kappa shape index (κ2) is 7.09. The Hall–Kier alpha value is -2.63. The number of hydrogen-bond acceptors (Lipinski definition) is 3. The van der Waals surface area contributed by atoms with Crippen LogP contribution in [0.4, 0.5) is 0 Å². The van der Waals surface area contributed by atoms with E-state index < -0.39 is 17.9 Å². The summed E-state index contributed by atoms with van der Waals surface area (Å²) in [6.07, 6.45) is 3.33. The van der Waals surface area contributed by atoms with Crippen molar-refractivity contribution in [2.24, 2.45) is 5.92 Å². The monoisotopic (exact) mass is 341 g/mol. The van der Waals surface area contributed by atoms with Crippen LogP contribution in [0.1, 0.15) is 48.4 Å². The van der Waals surface area contributed by atoms with Crippen LogP contribution in [0.15, 0.2) is 30.3 Å². The molecule has 0 saturated carbocycles. The number of nitrogens with zero attached hydrogens (tertiary/aromatic N) is 2. The van der Waals surface area contributed by atoms with Gasteiger partial charge in [-0.1, -0.05) is 38.5 Å². The molecular formula is C19H23N3O3. The van der Waals surface area contributed by atoms with E-state index in [-0.39, 0.29) is 5.92 Å². The van der Waals surface area contributed by atoms with E-state index in [4.69, 9.17) is 0 Å². The van der Waals surface area contributed by atoms with Gasteiger partial charge in [0.05, 0.1) is 5.69 Å². The zero-order valence-corrected chi connectivity index (χ0v) is 14.5. The number of benzene rings is 1. The molecule has 0 fully saturated rings. The minimum atomic E-state index is -1.01. The van der Waals surface area contributed by atoms with Gasteiger partial charge in [-0.25, -0.2) is 9.48 Å². The maximum absolute atomic E-state index is 12.7. The van der Waals surface area contributed by atoms with E-state index in [9.17, 15) is 14.7 Å².